The molecule has 0 aliphatic heterocycles. The zero-order valence-electron chi connectivity index (χ0n) is 11.3. The molecular formula is C15H17ClN2O. The first-order chi connectivity index (χ1) is 9.01. The number of nitrogens with two attached hydrogens (primary N) is 1. The van der Waals surface area contributed by atoms with E-state index in [1.165, 1.54) is 0 Å². The summed E-state index contributed by atoms with van der Waals surface area (Å²) in [5, 5.41) is 3.92. The molecular weight excluding hydrogens is 260 g/mol. The van der Waals surface area contributed by atoms with Crippen molar-refractivity contribution in [3.8, 4) is 5.75 Å². The molecule has 0 atom stereocenters. The number of hydrogen-bond acceptors (Lipinski definition) is 3. The fourth-order valence-corrected chi connectivity index (χ4v) is 2.05. The molecule has 0 heterocycles. The lowest BCUT2D eigenvalue weighted by atomic mass is 10.1. The van der Waals surface area contributed by atoms with Crippen LogP contribution in [0.3, 0.4) is 0 Å². The van der Waals surface area contributed by atoms with Crippen LogP contribution >= 0.6 is 11.6 Å². The van der Waals surface area contributed by atoms with E-state index in [4.69, 9.17) is 22.1 Å². The minimum absolute atomic E-state index is 0.555. The molecule has 0 spiro atoms. The highest BCUT2D eigenvalue weighted by Crippen LogP contribution is 2.30. The number of hydrogen-bond donors (Lipinski definition) is 2. The van der Waals surface area contributed by atoms with Crippen molar-refractivity contribution in [3.63, 3.8) is 0 Å². The minimum Gasteiger partial charge on any atom is -0.497 e. The van der Waals surface area contributed by atoms with Crippen LogP contribution in [0.2, 0.25) is 5.02 Å². The molecule has 2 aromatic carbocycles. The maximum Gasteiger partial charge on any atom is 0.119 e. The van der Waals surface area contributed by atoms with Crippen molar-refractivity contribution in [1.29, 1.82) is 0 Å². The van der Waals surface area contributed by atoms with Gasteiger partial charge in [0, 0.05) is 11.4 Å². The van der Waals surface area contributed by atoms with Crippen LogP contribution in [0.5, 0.6) is 5.75 Å². The second-order valence-corrected chi connectivity index (χ2v) is 4.90. The van der Waals surface area contributed by atoms with Crippen molar-refractivity contribution in [1.82, 2.24) is 0 Å². The Bertz CT molecular complexity index is 611. The Morgan fingerprint density at radius 2 is 1.74 bits per heavy atom. The van der Waals surface area contributed by atoms with Gasteiger partial charge < -0.3 is 15.8 Å². The third-order valence-electron chi connectivity index (χ3n) is 3.05. The number of nitrogen functional groups attached to an aromatic ring is 1. The molecule has 19 heavy (non-hydrogen) atoms. The highest BCUT2D eigenvalue weighted by molar-refractivity contribution is 6.33. The first-order valence-electron chi connectivity index (χ1n) is 5.98. The fraction of sp³-hybridized carbons (Fsp3) is 0.200. The van der Waals surface area contributed by atoms with Crippen molar-refractivity contribution < 1.29 is 4.74 Å². The van der Waals surface area contributed by atoms with Crippen molar-refractivity contribution >= 4 is 28.7 Å². The van der Waals surface area contributed by atoms with Crippen LogP contribution in [0, 0.1) is 13.8 Å². The summed E-state index contributed by atoms with van der Waals surface area (Å²) in [4.78, 5) is 0. The number of nitrogens with one attached hydrogen (secondary N) is 1. The van der Waals surface area contributed by atoms with E-state index in [0.29, 0.717) is 10.7 Å². The van der Waals surface area contributed by atoms with Crippen molar-refractivity contribution in [3.05, 3.63) is 46.5 Å². The summed E-state index contributed by atoms with van der Waals surface area (Å²) in [5.74, 6) is 0.843. The van der Waals surface area contributed by atoms with Gasteiger partial charge in [-0.1, -0.05) is 11.6 Å². The number of rotatable bonds is 3. The summed E-state index contributed by atoms with van der Waals surface area (Å²) in [6, 6.07) is 9.59. The highest BCUT2D eigenvalue weighted by atomic mass is 35.5. The maximum atomic E-state index is 6.05. The van der Waals surface area contributed by atoms with E-state index in [0.717, 1.165) is 28.3 Å². The van der Waals surface area contributed by atoms with Gasteiger partial charge in [-0.15, -0.1) is 0 Å². The van der Waals surface area contributed by atoms with Gasteiger partial charge in [0.2, 0.25) is 0 Å². The van der Waals surface area contributed by atoms with E-state index in [2.05, 4.69) is 5.32 Å². The molecule has 0 radical (unpaired) electrons. The van der Waals surface area contributed by atoms with Crippen LogP contribution in [-0.2, 0) is 0 Å². The smallest absolute Gasteiger partial charge is 0.119 e. The first-order valence-corrected chi connectivity index (χ1v) is 6.36. The first kappa shape index (κ1) is 13.6. The predicted octanol–water partition coefficient (Wildman–Crippen LogP) is 4.29. The normalized spacial score (nSPS) is 10.3. The third kappa shape index (κ3) is 2.93. The average Bonchev–Trinajstić information content (AvgIpc) is 2.38. The molecule has 0 unspecified atom stereocenters. The molecule has 2 rings (SSSR count). The van der Waals surface area contributed by atoms with E-state index >= 15 is 0 Å². The van der Waals surface area contributed by atoms with Crippen LogP contribution in [0.1, 0.15) is 11.1 Å². The van der Waals surface area contributed by atoms with Crippen LogP contribution in [0.25, 0.3) is 0 Å². The average molecular weight is 277 g/mol. The fourth-order valence-electron chi connectivity index (χ4n) is 1.89. The molecule has 4 heteroatoms. The number of ether oxygens (including phenoxy) is 1. The molecule has 3 N–H and O–H groups in total. The number of methoxy groups -OCH3 is 1. The van der Waals surface area contributed by atoms with Crippen molar-refractivity contribution in [2.24, 2.45) is 0 Å². The molecule has 3 nitrogen and oxygen atoms in total. The van der Waals surface area contributed by atoms with Gasteiger partial charge in [0.1, 0.15) is 5.75 Å². The van der Waals surface area contributed by atoms with Crippen LogP contribution < -0.4 is 15.8 Å². The summed E-state index contributed by atoms with van der Waals surface area (Å²) in [6.45, 7) is 4.02. The Hall–Kier alpha value is -1.87. The maximum absolute atomic E-state index is 6.05. The van der Waals surface area contributed by atoms with Crippen molar-refractivity contribution in [2.75, 3.05) is 18.2 Å². The summed E-state index contributed by atoms with van der Waals surface area (Å²) in [7, 11) is 1.66. The Kier molecular flexibility index (Phi) is 3.86. The molecule has 0 aromatic heterocycles. The van der Waals surface area contributed by atoms with Gasteiger partial charge in [0.05, 0.1) is 17.8 Å². The van der Waals surface area contributed by atoms with Crippen LogP contribution in [0.4, 0.5) is 17.1 Å². The molecule has 100 valence electrons. The van der Waals surface area contributed by atoms with Gasteiger partial charge >= 0.3 is 0 Å². The van der Waals surface area contributed by atoms with E-state index in [9.17, 15) is 0 Å². The van der Waals surface area contributed by atoms with Gasteiger partial charge in [-0.2, -0.15) is 0 Å². The predicted molar refractivity (Wildman–Crippen MR) is 81.6 cm³/mol. The quantitative estimate of drug-likeness (QED) is 0.822. The molecule has 0 amide bonds. The SMILES string of the molecule is COc1ccc(Nc2cc(Cl)c(N)cc2C)c(C)c1. The summed E-state index contributed by atoms with van der Waals surface area (Å²) in [6.07, 6.45) is 0. The monoisotopic (exact) mass is 276 g/mol. The topological polar surface area (TPSA) is 47.3 Å². The Balaban J connectivity index is 2.33. The van der Waals surface area contributed by atoms with E-state index in [1.807, 2.05) is 44.2 Å². The Labute approximate surface area is 118 Å². The van der Waals surface area contributed by atoms with E-state index in [-0.39, 0.29) is 0 Å². The van der Waals surface area contributed by atoms with Crippen LogP contribution in [-0.4, -0.2) is 7.11 Å². The molecule has 2 aromatic rings. The van der Waals surface area contributed by atoms with Gasteiger partial charge in [0.15, 0.2) is 0 Å². The molecule has 0 fully saturated rings. The summed E-state index contributed by atoms with van der Waals surface area (Å²) < 4.78 is 5.19. The number of aryl methyl sites for hydroxylation is 2. The largest absolute Gasteiger partial charge is 0.497 e. The number of anilines is 3. The minimum atomic E-state index is 0.555. The van der Waals surface area contributed by atoms with Gasteiger partial charge in [-0.3, -0.25) is 0 Å². The Morgan fingerprint density at radius 3 is 2.37 bits per heavy atom. The molecule has 0 saturated carbocycles. The second kappa shape index (κ2) is 5.41. The van der Waals surface area contributed by atoms with Gasteiger partial charge in [-0.05, 0) is 55.3 Å². The molecule has 0 aliphatic rings. The Morgan fingerprint density at radius 1 is 1.05 bits per heavy atom. The lowest BCUT2D eigenvalue weighted by Crippen LogP contribution is -1.98. The number of benzene rings is 2. The lowest BCUT2D eigenvalue weighted by Gasteiger charge is -2.14. The van der Waals surface area contributed by atoms with Crippen molar-refractivity contribution in [2.45, 2.75) is 13.8 Å². The zero-order valence-corrected chi connectivity index (χ0v) is 12.0. The highest BCUT2D eigenvalue weighted by Gasteiger charge is 2.06. The van der Waals surface area contributed by atoms with E-state index in [1.54, 1.807) is 7.11 Å². The standard InChI is InChI=1S/C15H17ClN2O/c1-9-6-11(19-3)4-5-14(9)18-15-8-12(16)13(17)7-10(15)2/h4-8,18H,17H2,1-3H3. The van der Waals surface area contributed by atoms with E-state index < -0.39 is 0 Å². The zero-order chi connectivity index (χ0) is 14.0. The summed E-state index contributed by atoms with van der Waals surface area (Å²) >= 11 is 6.05. The van der Waals surface area contributed by atoms with Gasteiger partial charge in [-0.25, -0.2) is 0 Å². The van der Waals surface area contributed by atoms with Crippen LogP contribution in [0.15, 0.2) is 30.3 Å². The molecule has 0 aliphatic carbocycles. The third-order valence-corrected chi connectivity index (χ3v) is 3.37. The summed E-state index contributed by atoms with van der Waals surface area (Å²) in [5.41, 5.74) is 10.5. The number of halogens is 1. The lowest BCUT2D eigenvalue weighted by molar-refractivity contribution is 0.414. The molecule has 0 bridgehead atoms. The molecule has 0 saturated heterocycles. The second-order valence-electron chi connectivity index (χ2n) is 4.49. The van der Waals surface area contributed by atoms with Gasteiger partial charge in [0.25, 0.3) is 0 Å².